The first-order chi connectivity index (χ1) is 9.40. The Balaban J connectivity index is 2.50. The van der Waals surface area contributed by atoms with Crippen LogP contribution in [0.1, 0.15) is 35.8 Å². The van der Waals surface area contributed by atoms with E-state index in [-0.39, 0.29) is 11.5 Å². The van der Waals surface area contributed by atoms with Crippen LogP contribution >= 0.6 is 0 Å². The molecule has 1 aromatic heterocycles. The second-order valence-corrected chi connectivity index (χ2v) is 4.60. The number of rotatable bonds is 4. The van der Waals surface area contributed by atoms with Gasteiger partial charge in [-0.25, -0.2) is 9.48 Å². The van der Waals surface area contributed by atoms with Crippen molar-refractivity contribution in [1.29, 1.82) is 0 Å². The van der Waals surface area contributed by atoms with E-state index in [2.05, 4.69) is 5.10 Å². The molecule has 0 radical (unpaired) electrons. The fourth-order valence-electron chi connectivity index (χ4n) is 1.79. The van der Waals surface area contributed by atoms with Gasteiger partial charge in [0.1, 0.15) is 5.56 Å². The highest BCUT2D eigenvalue weighted by atomic mass is 16.6. The average Bonchev–Trinajstić information content (AvgIpc) is 2.87. The van der Waals surface area contributed by atoms with Gasteiger partial charge in [-0.3, -0.25) is 10.1 Å². The second kappa shape index (κ2) is 5.12. The van der Waals surface area contributed by atoms with Crippen LogP contribution in [0.5, 0.6) is 0 Å². The molecule has 2 rings (SSSR count). The molecule has 7 nitrogen and oxygen atoms in total. The highest BCUT2D eigenvalue weighted by Gasteiger charge is 2.20. The van der Waals surface area contributed by atoms with Crippen LogP contribution in [0.4, 0.5) is 5.69 Å². The van der Waals surface area contributed by atoms with Gasteiger partial charge in [0.05, 0.1) is 16.3 Å². The number of hydrogen-bond acceptors (Lipinski definition) is 4. The molecule has 1 N–H and O–H groups in total. The van der Waals surface area contributed by atoms with E-state index < -0.39 is 16.6 Å². The van der Waals surface area contributed by atoms with Crippen LogP contribution in [-0.2, 0) is 0 Å². The number of nitrogens with zero attached hydrogens (tertiary/aromatic N) is 3. The number of benzene rings is 1. The fourth-order valence-corrected chi connectivity index (χ4v) is 1.79. The van der Waals surface area contributed by atoms with E-state index >= 15 is 0 Å². The molecule has 0 amide bonds. The Hall–Kier alpha value is -2.70. The standard InChI is InChI=1S/C13H13N3O4/c1-8(2)11-5-6-15(14-11)9-3-4-12(16(19)20)10(7-9)13(17)18/h3-8H,1-2H3,(H,17,18). The van der Waals surface area contributed by atoms with E-state index in [4.69, 9.17) is 5.11 Å². The fraction of sp³-hybridized carbons (Fsp3) is 0.231. The summed E-state index contributed by atoms with van der Waals surface area (Å²) in [6, 6.07) is 5.72. The molecule has 0 bridgehead atoms. The summed E-state index contributed by atoms with van der Waals surface area (Å²) in [4.78, 5) is 21.2. The Morgan fingerprint density at radius 3 is 2.60 bits per heavy atom. The minimum Gasteiger partial charge on any atom is -0.477 e. The molecule has 0 atom stereocenters. The molecule has 1 heterocycles. The molecule has 0 saturated heterocycles. The summed E-state index contributed by atoms with van der Waals surface area (Å²) >= 11 is 0. The molecule has 104 valence electrons. The largest absolute Gasteiger partial charge is 0.477 e. The molecule has 0 unspecified atom stereocenters. The maximum Gasteiger partial charge on any atom is 0.342 e. The van der Waals surface area contributed by atoms with Crippen molar-refractivity contribution < 1.29 is 14.8 Å². The molecular formula is C13H13N3O4. The van der Waals surface area contributed by atoms with Gasteiger partial charge in [0.2, 0.25) is 0 Å². The first-order valence-electron chi connectivity index (χ1n) is 5.98. The lowest BCUT2D eigenvalue weighted by atomic mass is 10.1. The van der Waals surface area contributed by atoms with E-state index in [1.807, 2.05) is 19.9 Å². The topological polar surface area (TPSA) is 98.3 Å². The quantitative estimate of drug-likeness (QED) is 0.683. The Kier molecular flexibility index (Phi) is 3.51. The van der Waals surface area contributed by atoms with Crippen LogP contribution in [0, 0.1) is 10.1 Å². The maximum atomic E-state index is 11.1. The number of carboxylic acid groups (broad SMARTS) is 1. The van der Waals surface area contributed by atoms with Crippen LogP contribution in [0.2, 0.25) is 0 Å². The number of nitro groups is 1. The summed E-state index contributed by atoms with van der Waals surface area (Å²) in [6.07, 6.45) is 1.70. The molecule has 0 fully saturated rings. The summed E-state index contributed by atoms with van der Waals surface area (Å²) in [5.41, 5.74) is 0.548. The third-order valence-electron chi connectivity index (χ3n) is 2.87. The third kappa shape index (κ3) is 2.51. The predicted octanol–water partition coefficient (Wildman–Crippen LogP) is 2.60. The highest BCUT2D eigenvalue weighted by Crippen LogP contribution is 2.22. The molecule has 0 aliphatic rings. The van der Waals surface area contributed by atoms with Gasteiger partial charge in [0.25, 0.3) is 5.69 Å². The molecule has 0 spiro atoms. The number of carboxylic acids is 1. The lowest BCUT2D eigenvalue weighted by molar-refractivity contribution is -0.385. The van der Waals surface area contributed by atoms with E-state index in [0.29, 0.717) is 5.69 Å². The number of nitro benzene ring substituents is 1. The van der Waals surface area contributed by atoms with Crippen molar-refractivity contribution in [2.24, 2.45) is 0 Å². The van der Waals surface area contributed by atoms with Crippen molar-refractivity contribution in [2.45, 2.75) is 19.8 Å². The van der Waals surface area contributed by atoms with Gasteiger partial charge >= 0.3 is 5.97 Å². The van der Waals surface area contributed by atoms with E-state index in [1.165, 1.54) is 22.9 Å². The van der Waals surface area contributed by atoms with Crippen LogP contribution in [-0.4, -0.2) is 25.8 Å². The zero-order valence-corrected chi connectivity index (χ0v) is 11.0. The Morgan fingerprint density at radius 1 is 1.40 bits per heavy atom. The highest BCUT2D eigenvalue weighted by molar-refractivity contribution is 5.93. The maximum absolute atomic E-state index is 11.1. The van der Waals surface area contributed by atoms with Crippen LogP contribution < -0.4 is 0 Å². The van der Waals surface area contributed by atoms with Gasteiger partial charge < -0.3 is 5.11 Å². The SMILES string of the molecule is CC(C)c1ccn(-c2ccc([N+](=O)[O-])c(C(=O)O)c2)n1. The zero-order valence-electron chi connectivity index (χ0n) is 11.0. The Labute approximate surface area is 114 Å². The average molecular weight is 275 g/mol. The first-order valence-corrected chi connectivity index (χ1v) is 5.98. The van der Waals surface area contributed by atoms with Crippen LogP contribution in [0.15, 0.2) is 30.5 Å². The van der Waals surface area contributed by atoms with Crippen molar-refractivity contribution in [3.63, 3.8) is 0 Å². The first kappa shape index (κ1) is 13.7. The predicted molar refractivity (Wildman–Crippen MR) is 71.3 cm³/mol. The summed E-state index contributed by atoms with van der Waals surface area (Å²) in [5, 5.41) is 24.1. The van der Waals surface area contributed by atoms with Gasteiger partial charge in [-0.1, -0.05) is 13.8 Å². The van der Waals surface area contributed by atoms with Gasteiger partial charge in [-0.2, -0.15) is 5.10 Å². The van der Waals surface area contributed by atoms with Gasteiger partial charge in [0.15, 0.2) is 0 Å². The van der Waals surface area contributed by atoms with Crippen molar-refractivity contribution >= 4 is 11.7 Å². The lowest BCUT2D eigenvalue weighted by Gasteiger charge is -2.04. The summed E-state index contributed by atoms with van der Waals surface area (Å²) in [6.45, 7) is 3.98. The summed E-state index contributed by atoms with van der Waals surface area (Å²) in [5.74, 6) is -1.09. The van der Waals surface area contributed by atoms with Crippen LogP contribution in [0.25, 0.3) is 5.69 Å². The number of aromatic nitrogens is 2. The Bertz CT molecular complexity index is 676. The smallest absolute Gasteiger partial charge is 0.342 e. The lowest BCUT2D eigenvalue weighted by Crippen LogP contribution is -2.05. The van der Waals surface area contributed by atoms with Gasteiger partial charge in [-0.05, 0) is 24.1 Å². The van der Waals surface area contributed by atoms with E-state index in [1.54, 1.807) is 6.20 Å². The Morgan fingerprint density at radius 2 is 2.10 bits per heavy atom. The molecular weight excluding hydrogens is 262 g/mol. The van der Waals surface area contributed by atoms with Gasteiger partial charge in [-0.15, -0.1) is 0 Å². The summed E-state index contributed by atoms with van der Waals surface area (Å²) in [7, 11) is 0. The summed E-state index contributed by atoms with van der Waals surface area (Å²) < 4.78 is 1.51. The number of hydrogen-bond donors (Lipinski definition) is 1. The molecule has 20 heavy (non-hydrogen) atoms. The molecule has 0 aliphatic carbocycles. The zero-order chi connectivity index (χ0) is 14.9. The number of carbonyl (C=O) groups is 1. The van der Waals surface area contributed by atoms with E-state index in [0.717, 1.165) is 5.69 Å². The minimum absolute atomic E-state index is 0.244. The normalized spacial score (nSPS) is 10.8. The molecule has 0 aliphatic heterocycles. The molecule has 0 saturated carbocycles. The second-order valence-electron chi connectivity index (χ2n) is 4.60. The molecule has 1 aromatic carbocycles. The third-order valence-corrected chi connectivity index (χ3v) is 2.87. The van der Waals surface area contributed by atoms with Crippen molar-refractivity contribution in [3.05, 3.63) is 51.8 Å². The molecule has 2 aromatic rings. The monoisotopic (exact) mass is 275 g/mol. The van der Waals surface area contributed by atoms with Crippen LogP contribution in [0.3, 0.4) is 0 Å². The molecule has 7 heteroatoms. The minimum atomic E-state index is -1.34. The van der Waals surface area contributed by atoms with Crippen molar-refractivity contribution in [1.82, 2.24) is 9.78 Å². The van der Waals surface area contributed by atoms with Gasteiger partial charge in [0, 0.05) is 12.3 Å². The van der Waals surface area contributed by atoms with Crippen molar-refractivity contribution in [2.75, 3.05) is 0 Å². The van der Waals surface area contributed by atoms with Crippen molar-refractivity contribution in [3.8, 4) is 5.69 Å². The van der Waals surface area contributed by atoms with E-state index in [9.17, 15) is 14.9 Å². The number of aromatic carboxylic acids is 1.